The predicted molar refractivity (Wildman–Crippen MR) is 77.5 cm³/mol. The Balaban J connectivity index is 1.44. The van der Waals surface area contributed by atoms with Crippen LogP contribution in [-0.4, -0.2) is 50.3 Å². The summed E-state index contributed by atoms with van der Waals surface area (Å²) >= 11 is 0. The first-order valence-electron chi connectivity index (χ1n) is 7.51. The summed E-state index contributed by atoms with van der Waals surface area (Å²) in [4.78, 5) is 2.59. The molecule has 1 aromatic rings. The van der Waals surface area contributed by atoms with E-state index in [4.69, 9.17) is 4.74 Å². The molecule has 0 radical (unpaired) electrons. The zero-order valence-electron chi connectivity index (χ0n) is 11.6. The lowest BCUT2D eigenvalue weighted by atomic mass is 9.99. The topological polar surface area (TPSA) is 24.5 Å². The lowest BCUT2D eigenvalue weighted by Gasteiger charge is -2.25. The first-order valence-corrected chi connectivity index (χ1v) is 7.51. The number of morpholine rings is 1. The lowest BCUT2D eigenvalue weighted by Crippen LogP contribution is -2.40. The molecule has 2 saturated heterocycles. The first kappa shape index (κ1) is 13.1. The highest BCUT2D eigenvalue weighted by Crippen LogP contribution is 2.27. The van der Waals surface area contributed by atoms with Gasteiger partial charge >= 0.3 is 0 Å². The van der Waals surface area contributed by atoms with Gasteiger partial charge in [-0.15, -0.1) is 0 Å². The molecule has 3 heteroatoms. The second-order valence-electron chi connectivity index (χ2n) is 5.68. The summed E-state index contributed by atoms with van der Waals surface area (Å²) in [5.74, 6) is 0.728. The van der Waals surface area contributed by atoms with E-state index in [-0.39, 0.29) is 0 Å². The third kappa shape index (κ3) is 3.56. The third-order valence-corrected chi connectivity index (χ3v) is 4.32. The van der Waals surface area contributed by atoms with E-state index in [2.05, 4.69) is 40.5 Å². The molecule has 2 atom stereocenters. The highest BCUT2D eigenvalue weighted by molar-refractivity contribution is 5.20. The minimum Gasteiger partial charge on any atom is -0.376 e. The van der Waals surface area contributed by atoms with Gasteiger partial charge in [0, 0.05) is 26.2 Å². The van der Waals surface area contributed by atoms with Crippen LogP contribution >= 0.6 is 0 Å². The van der Waals surface area contributed by atoms with Gasteiger partial charge in [-0.05, 0) is 30.9 Å². The van der Waals surface area contributed by atoms with Crippen LogP contribution in [0, 0.1) is 0 Å². The van der Waals surface area contributed by atoms with Crippen molar-refractivity contribution < 1.29 is 4.74 Å². The summed E-state index contributed by atoms with van der Waals surface area (Å²) in [5.41, 5.74) is 1.50. The molecule has 3 nitrogen and oxygen atoms in total. The summed E-state index contributed by atoms with van der Waals surface area (Å²) in [6, 6.07) is 10.9. The zero-order chi connectivity index (χ0) is 12.9. The molecule has 0 saturated carbocycles. The Labute approximate surface area is 115 Å². The van der Waals surface area contributed by atoms with Gasteiger partial charge in [-0.3, -0.25) is 0 Å². The highest BCUT2D eigenvalue weighted by atomic mass is 16.5. The zero-order valence-corrected chi connectivity index (χ0v) is 11.6. The molecular weight excluding hydrogens is 236 g/mol. The molecule has 0 spiro atoms. The largest absolute Gasteiger partial charge is 0.376 e. The number of benzene rings is 1. The van der Waals surface area contributed by atoms with Gasteiger partial charge in [0.2, 0.25) is 0 Å². The van der Waals surface area contributed by atoms with E-state index in [0.29, 0.717) is 6.10 Å². The Bertz CT molecular complexity index is 376. The van der Waals surface area contributed by atoms with Crippen molar-refractivity contribution in [3.05, 3.63) is 35.9 Å². The Kier molecular flexibility index (Phi) is 4.49. The minimum atomic E-state index is 0.421. The van der Waals surface area contributed by atoms with Crippen molar-refractivity contribution >= 4 is 0 Å². The van der Waals surface area contributed by atoms with Gasteiger partial charge in [0.1, 0.15) is 0 Å². The van der Waals surface area contributed by atoms with E-state index < -0.39 is 0 Å². The molecule has 2 unspecified atom stereocenters. The monoisotopic (exact) mass is 260 g/mol. The Morgan fingerprint density at radius 1 is 1.26 bits per heavy atom. The molecular formula is C16H24N2O. The maximum absolute atomic E-state index is 5.76. The quantitative estimate of drug-likeness (QED) is 0.894. The number of rotatable bonds is 4. The molecule has 0 amide bonds. The number of nitrogens with one attached hydrogen (secondary N) is 1. The number of hydrogen-bond acceptors (Lipinski definition) is 3. The second kappa shape index (κ2) is 6.51. The molecule has 19 heavy (non-hydrogen) atoms. The van der Waals surface area contributed by atoms with Crippen molar-refractivity contribution in [2.45, 2.75) is 24.9 Å². The fraction of sp³-hybridized carbons (Fsp3) is 0.625. The molecule has 1 N–H and O–H groups in total. The van der Waals surface area contributed by atoms with Crippen molar-refractivity contribution in [1.29, 1.82) is 0 Å². The molecule has 2 fully saturated rings. The van der Waals surface area contributed by atoms with Gasteiger partial charge in [0.15, 0.2) is 0 Å². The summed E-state index contributed by atoms with van der Waals surface area (Å²) < 4.78 is 5.76. The number of nitrogens with zero attached hydrogens (tertiary/aromatic N) is 1. The molecule has 1 aromatic carbocycles. The summed E-state index contributed by atoms with van der Waals surface area (Å²) in [7, 11) is 0. The molecule has 0 bridgehead atoms. The number of ether oxygens (including phenoxy) is 1. The molecule has 104 valence electrons. The van der Waals surface area contributed by atoms with Crippen LogP contribution in [0.15, 0.2) is 30.3 Å². The average molecular weight is 260 g/mol. The van der Waals surface area contributed by atoms with Crippen LogP contribution in [-0.2, 0) is 4.74 Å². The van der Waals surface area contributed by atoms with Gasteiger partial charge in [-0.1, -0.05) is 30.3 Å². The van der Waals surface area contributed by atoms with Gasteiger partial charge in [-0.2, -0.15) is 0 Å². The minimum absolute atomic E-state index is 0.421. The number of hydrogen-bond donors (Lipinski definition) is 1. The maximum atomic E-state index is 5.76. The first-order chi connectivity index (χ1) is 9.42. The fourth-order valence-corrected chi connectivity index (χ4v) is 3.16. The van der Waals surface area contributed by atoms with Crippen molar-refractivity contribution in [2.75, 3.05) is 39.3 Å². The summed E-state index contributed by atoms with van der Waals surface area (Å²) in [6.45, 7) is 6.53. The van der Waals surface area contributed by atoms with E-state index in [1.165, 1.54) is 31.6 Å². The molecule has 2 aliphatic heterocycles. The molecule has 2 aliphatic rings. The SMILES string of the molecule is c1ccc(C2CCN(CCC3CNCCO3)C2)cc1. The van der Waals surface area contributed by atoms with Gasteiger partial charge in [-0.25, -0.2) is 0 Å². The fourth-order valence-electron chi connectivity index (χ4n) is 3.16. The van der Waals surface area contributed by atoms with Crippen LogP contribution in [0.4, 0.5) is 0 Å². The average Bonchev–Trinajstić information content (AvgIpc) is 2.96. The standard InChI is InChI=1S/C16H24N2O/c1-2-4-14(5-3-1)15-6-9-18(13-15)10-7-16-12-17-8-11-19-16/h1-5,15-17H,6-13H2. The molecule has 0 aromatic heterocycles. The number of likely N-dealkylation sites (tertiary alicyclic amines) is 1. The summed E-state index contributed by atoms with van der Waals surface area (Å²) in [5, 5.41) is 3.40. The van der Waals surface area contributed by atoms with Crippen molar-refractivity contribution in [1.82, 2.24) is 10.2 Å². The normalized spacial score (nSPS) is 28.6. The molecule has 0 aliphatic carbocycles. The Morgan fingerprint density at radius 3 is 2.95 bits per heavy atom. The van der Waals surface area contributed by atoms with E-state index in [1.54, 1.807) is 0 Å². The van der Waals surface area contributed by atoms with Crippen LogP contribution in [0.2, 0.25) is 0 Å². The van der Waals surface area contributed by atoms with Crippen molar-refractivity contribution in [2.24, 2.45) is 0 Å². The summed E-state index contributed by atoms with van der Waals surface area (Å²) in [6.07, 6.45) is 2.88. The van der Waals surface area contributed by atoms with Crippen LogP contribution < -0.4 is 5.32 Å². The van der Waals surface area contributed by atoms with Crippen molar-refractivity contribution in [3.8, 4) is 0 Å². The van der Waals surface area contributed by atoms with Crippen LogP contribution in [0.3, 0.4) is 0 Å². The lowest BCUT2D eigenvalue weighted by molar-refractivity contribution is 0.0186. The maximum Gasteiger partial charge on any atom is 0.0712 e. The van der Waals surface area contributed by atoms with E-state index in [9.17, 15) is 0 Å². The van der Waals surface area contributed by atoms with Crippen LogP contribution in [0.1, 0.15) is 24.3 Å². The van der Waals surface area contributed by atoms with Crippen LogP contribution in [0.25, 0.3) is 0 Å². The van der Waals surface area contributed by atoms with E-state index >= 15 is 0 Å². The van der Waals surface area contributed by atoms with Gasteiger partial charge < -0.3 is 15.0 Å². The Hall–Kier alpha value is -0.900. The third-order valence-electron chi connectivity index (χ3n) is 4.32. The second-order valence-corrected chi connectivity index (χ2v) is 5.68. The molecule has 2 heterocycles. The van der Waals surface area contributed by atoms with Gasteiger partial charge in [0.25, 0.3) is 0 Å². The predicted octanol–water partition coefficient (Wildman–Crippen LogP) is 1.85. The van der Waals surface area contributed by atoms with E-state index in [0.717, 1.165) is 32.0 Å². The smallest absolute Gasteiger partial charge is 0.0712 e. The van der Waals surface area contributed by atoms with Gasteiger partial charge in [0.05, 0.1) is 12.7 Å². The molecule has 3 rings (SSSR count). The van der Waals surface area contributed by atoms with Crippen LogP contribution in [0.5, 0.6) is 0 Å². The van der Waals surface area contributed by atoms with Crippen molar-refractivity contribution in [3.63, 3.8) is 0 Å². The van der Waals surface area contributed by atoms with E-state index in [1.807, 2.05) is 0 Å². The highest BCUT2D eigenvalue weighted by Gasteiger charge is 2.24. The Morgan fingerprint density at radius 2 is 2.16 bits per heavy atom.